The van der Waals surface area contributed by atoms with E-state index < -0.39 is 11.8 Å². The zero-order valence-electron chi connectivity index (χ0n) is 18.1. The van der Waals surface area contributed by atoms with E-state index in [-0.39, 0.29) is 11.7 Å². The van der Waals surface area contributed by atoms with Gasteiger partial charge in [0, 0.05) is 6.08 Å². The molecular formula is C23H26BrN3O4S. The van der Waals surface area contributed by atoms with Gasteiger partial charge in [0.1, 0.15) is 11.5 Å². The molecule has 0 bridgehead atoms. The van der Waals surface area contributed by atoms with Crippen LogP contribution >= 0.6 is 28.1 Å². The lowest BCUT2D eigenvalue weighted by Crippen LogP contribution is -2.49. The van der Waals surface area contributed by atoms with Crippen LogP contribution in [0.2, 0.25) is 0 Å². The van der Waals surface area contributed by atoms with Gasteiger partial charge in [-0.1, -0.05) is 32.0 Å². The molecule has 0 heterocycles. The van der Waals surface area contributed by atoms with E-state index >= 15 is 0 Å². The molecule has 7 nitrogen and oxygen atoms in total. The summed E-state index contributed by atoms with van der Waals surface area (Å²) in [6.45, 7) is 6.47. The summed E-state index contributed by atoms with van der Waals surface area (Å²) >= 11 is 8.45. The minimum absolute atomic E-state index is 0.0397. The number of halogens is 1. The van der Waals surface area contributed by atoms with Crippen molar-refractivity contribution in [3.63, 3.8) is 0 Å². The molecule has 0 saturated heterocycles. The third-order valence-electron chi connectivity index (χ3n) is 4.15. The van der Waals surface area contributed by atoms with E-state index in [0.717, 1.165) is 21.3 Å². The summed E-state index contributed by atoms with van der Waals surface area (Å²) in [6.07, 6.45) is 2.98. The molecule has 32 heavy (non-hydrogen) atoms. The number of amides is 2. The van der Waals surface area contributed by atoms with Crippen LogP contribution in [-0.2, 0) is 9.59 Å². The molecule has 2 aromatic carbocycles. The van der Waals surface area contributed by atoms with Gasteiger partial charge in [0.15, 0.2) is 11.7 Å². The highest BCUT2D eigenvalue weighted by molar-refractivity contribution is 9.10. The number of hydrogen-bond acceptors (Lipinski definition) is 5. The van der Waals surface area contributed by atoms with Crippen LogP contribution in [-0.4, -0.2) is 30.1 Å². The Morgan fingerprint density at radius 1 is 1.09 bits per heavy atom. The molecule has 0 spiro atoms. The molecule has 0 radical (unpaired) electrons. The van der Waals surface area contributed by atoms with Crippen molar-refractivity contribution in [1.29, 1.82) is 0 Å². The highest BCUT2D eigenvalue weighted by Crippen LogP contribution is 2.28. The number of hydrogen-bond donors (Lipinski definition) is 3. The van der Waals surface area contributed by atoms with E-state index in [1.807, 2.05) is 49.4 Å². The van der Waals surface area contributed by atoms with Gasteiger partial charge < -0.3 is 9.47 Å². The second-order valence-corrected chi connectivity index (χ2v) is 8.22. The van der Waals surface area contributed by atoms with Gasteiger partial charge in [-0.15, -0.1) is 0 Å². The Morgan fingerprint density at radius 3 is 2.44 bits per heavy atom. The van der Waals surface area contributed by atoms with Crippen LogP contribution in [0.5, 0.6) is 11.5 Å². The Labute approximate surface area is 201 Å². The largest absolute Gasteiger partial charge is 0.494 e. The number of hydrazine groups is 1. The fraction of sp³-hybridized carbons (Fsp3) is 0.261. The maximum atomic E-state index is 12.0. The maximum Gasteiger partial charge on any atom is 0.276 e. The zero-order chi connectivity index (χ0) is 23.5. The van der Waals surface area contributed by atoms with Crippen molar-refractivity contribution >= 4 is 51.2 Å². The summed E-state index contributed by atoms with van der Waals surface area (Å²) in [6, 6.07) is 13.0. The quantitative estimate of drug-likeness (QED) is 0.276. The first kappa shape index (κ1) is 25.4. The lowest BCUT2D eigenvalue weighted by molar-refractivity contribution is -0.123. The molecule has 2 aromatic rings. The van der Waals surface area contributed by atoms with E-state index in [4.69, 9.17) is 21.7 Å². The molecule has 170 valence electrons. The molecule has 0 aliphatic heterocycles. The Morgan fingerprint density at radius 2 is 1.81 bits per heavy atom. The zero-order valence-corrected chi connectivity index (χ0v) is 20.5. The van der Waals surface area contributed by atoms with Gasteiger partial charge in [0.25, 0.3) is 5.91 Å². The number of carbonyl (C=O) groups excluding carboxylic acids is 2. The first-order valence-electron chi connectivity index (χ1n) is 10.0. The summed E-state index contributed by atoms with van der Waals surface area (Å²) in [5.41, 5.74) is 6.84. The van der Waals surface area contributed by atoms with E-state index in [2.05, 4.69) is 45.9 Å². The highest BCUT2D eigenvalue weighted by atomic mass is 79.9. The van der Waals surface area contributed by atoms with Gasteiger partial charge in [0.2, 0.25) is 5.91 Å². The van der Waals surface area contributed by atoms with Gasteiger partial charge in [-0.05, 0) is 82.5 Å². The molecule has 2 rings (SSSR count). The monoisotopic (exact) mass is 519 g/mol. The van der Waals surface area contributed by atoms with Crippen molar-refractivity contribution in [3.05, 3.63) is 64.1 Å². The topological polar surface area (TPSA) is 88.7 Å². The average Bonchev–Trinajstić information content (AvgIpc) is 2.76. The van der Waals surface area contributed by atoms with E-state index in [0.29, 0.717) is 18.3 Å². The van der Waals surface area contributed by atoms with Gasteiger partial charge in [-0.25, -0.2) is 0 Å². The lowest BCUT2D eigenvalue weighted by atomic mass is 10.0. The summed E-state index contributed by atoms with van der Waals surface area (Å²) in [4.78, 5) is 23.9. The second-order valence-electron chi connectivity index (χ2n) is 6.96. The standard InChI is InChI=1S/C23H26BrN3O4S/c1-4-30-18-9-5-16(6-10-18)7-12-21(28)25-23(32)27-26-22(29)14-31-20-11-8-17(15(2)3)13-19(20)24/h5-13,15H,4,14H2,1-3H3,(H,26,29)(H2,25,27,28,32)/b12-7+. The normalized spacial score (nSPS) is 10.7. The number of ether oxygens (including phenoxy) is 2. The summed E-state index contributed by atoms with van der Waals surface area (Å²) in [5.74, 6) is 0.821. The van der Waals surface area contributed by atoms with Crippen molar-refractivity contribution in [1.82, 2.24) is 16.2 Å². The Balaban J connectivity index is 1.72. The smallest absolute Gasteiger partial charge is 0.276 e. The van der Waals surface area contributed by atoms with Crippen LogP contribution in [0.3, 0.4) is 0 Å². The van der Waals surface area contributed by atoms with Crippen LogP contribution in [0, 0.1) is 0 Å². The fourth-order valence-corrected chi connectivity index (χ4v) is 3.16. The van der Waals surface area contributed by atoms with Crippen molar-refractivity contribution in [2.24, 2.45) is 0 Å². The Kier molecular flexibility index (Phi) is 10.2. The molecular weight excluding hydrogens is 494 g/mol. The second kappa shape index (κ2) is 12.8. The average molecular weight is 520 g/mol. The van der Waals surface area contributed by atoms with Gasteiger partial charge in [-0.2, -0.15) is 0 Å². The van der Waals surface area contributed by atoms with Crippen LogP contribution in [0.25, 0.3) is 6.08 Å². The van der Waals surface area contributed by atoms with Crippen LogP contribution in [0.15, 0.2) is 53.0 Å². The molecule has 0 aromatic heterocycles. The Hall–Kier alpha value is -2.91. The predicted octanol–water partition coefficient (Wildman–Crippen LogP) is 4.09. The van der Waals surface area contributed by atoms with E-state index in [1.165, 1.54) is 6.08 Å². The van der Waals surface area contributed by atoms with Gasteiger partial charge in [0.05, 0.1) is 11.1 Å². The minimum atomic E-state index is -0.452. The maximum absolute atomic E-state index is 12.0. The van der Waals surface area contributed by atoms with Crippen molar-refractivity contribution in [2.45, 2.75) is 26.7 Å². The molecule has 0 atom stereocenters. The number of carbonyl (C=O) groups is 2. The van der Waals surface area contributed by atoms with Crippen LogP contribution < -0.4 is 25.6 Å². The molecule has 0 fully saturated rings. The first-order chi connectivity index (χ1) is 15.3. The van der Waals surface area contributed by atoms with Crippen molar-refractivity contribution < 1.29 is 19.1 Å². The predicted molar refractivity (Wildman–Crippen MR) is 132 cm³/mol. The molecule has 0 saturated carbocycles. The summed E-state index contributed by atoms with van der Waals surface area (Å²) < 4.78 is 11.7. The van der Waals surface area contributed by atoms with Crippen LogP contribution in [0.4, 0.5) is 0 Å². The Bertz CT molecular complexity index is 978. The first-order valence-corrected chi connectivity index (χ1v) is 11.2. The fourth-order valence-electron chi connectivity index (χ4n) is 2.50. The summed E-state index contributed by atoms with van der Waals surface area (Å²) in [7, 11) is 0. The molecule has 9 heteroatoms. The number of rotatable bonds is 8. The third kappa shape index (κ3) is 8.68. The number of benzene rings is 2. The van der Waals surface area contributed by atoms with Crippen molar-refractivity contribution in [2.75, 3.05) is 13.2 Å². The van der Waals surface area contributed by atoms with Gasteiger partial charge in [-0.3, -0.25) is 25.8 Å². The molecule has 2 amide bonds. The van der Waals surface area contributed by atoms with Gasteiger partial charge >= 0.3 is 0 Å². The SMILES string of the molecule is CCOc1ccc(/C=C/C(=O)NC(=S)NNC(=O)COc2ccc(C(C)C)cc2Br)cc1. The van der Waals surface area contributed by atoms with Crippen LogP contribution in [0.1, 0.15) is 37.8 Å². The minimum Gasteiger partial charge on any atom is -0.494 e. The number of thiocarbonyl (C=S) groups is 1. The number of nitrogens with one attached hydrogen (secondary N) is 3. The van der Waals surface area contributed by atoms with Crippen molar-refractivity contribution in [3.8, 4) is 11.5 Å². The van der Waals surface area contributed by atoms with E-state index in [9.17, 15) is 9.59 Å². The molecule has 0 unspecified atom stereocenters. The lowest BCUT2D eigenvalue weighted by Gasteiger charge is -2.12. The summed E-state index contributed by atoms with van der Waals surface area (Å²) in [5, 5.41) is 2.40. The molecule has 0 aliphatic carbocycles. The van der Waals surface area contributed by atoms with E-state index in [1.54, 1.807) is 6.08 Å². The molecule has 3 N–H and O–H groups in total. The molecule has 0 aliphatic rings. The third-order valence-corrected chi connectivity index (χ3v) is 4.98. The highest BCUT2D eigenvalue weighted by Gasteiger charge is 2.09.